The largest absolute Gasteiger partial charge is 0.460 e. The molecule has 38 heavy (non-hydrogen) atoms. The molecule has 0 amide bonds. The predicted molar refractivity (Wildman–Crippen MR) is 144 cm³/mol. The molecule has 8 nitrogen and oxygen atoms in total. The molecule has 2 N–H and O–H groups in total. The Morgan fingerprint density at radius 3 is 2.05 bits per heavy atom. The first-order chi connectivity index (χ1) is 18.2. The third-order valence-corrected chi connectivity index (χ3v) is 7.45. The van der Waals surface area contributed by atoms with Crippen molar-refractivity contribution in [2.24, 2.45) is 5.92 Å². The first-order valence-corrected chi connectivity index (χ1v) is 14.0. The van der Waals surface area contributed by atoms with Crippen molar-refractivity contribution in [3.8, 4) is 0 Å². The van der Waals surface area contributed by atoms with Crippen molar-refractivity contribution in [2.45, 2.75) is 50.7 Å². The smallest absolute Gasteiger partial charge is 0.327 e. The molecule has 1 unspecified atom stereocenters. The molecule has 3 aromatic carbocycles. The summed E-state index contributed by atoms with van der Waals surface area (Å²) in [4.78, 5) is 30.8. The number of benzene rings is 3. The molecule has 0 fully saturated rings. The number of hydroxylamine groups is 1. The molecule has 0 aliphatic heterocycles. The van der Waals surface area contributed by atoms with Crippen LogP contribution in [0.4, 0.5) is 0 Å². The monoisotopic (exact) mass is 538 g/mol. The van der Waals surface area contributed by atoms with Crippen molar-refractivity contribution in [3.63, 3.8) is 0 Å². The number of esters is 1. The van der Waals surface area contributed by atoms with Crippen LogP contribution in [-0.2, 0) is 42.2 Å². The van der Waals surface area contributed by atoms with Crippen molar-refractivity contribution in [3.05, 3.63) is 102 Å². The van der Waals surface area contributed by atoms with Gasteiger partial charge in [-0.2, -0.15) is 0 Å². The third-order valence-electron chi connectivity index (χ3n) is 5.98. The number of ether oxygens (including phenoxy) is 1. The van der Waals surface area contributed by atoms with E-state index in [1.165, 1.54) is 12.1 Å². The number of carbonyl (C=O) groups excluding carboxylic acids is 2. The molecule has 0 aliphatic carbocycles. The summed E-state index contributed by atoms with van der Waals surface area (Å²) in [6.07, 6.45) is 1.15. The fourth-order valence-electron chi connectivity index (χ4n) is 3.57. The average Bonchev–Trinajstić information content (AvgIpc) is 2.92. The van der Waals surface area contributed by atoms with Crippen LogP contribution in [0.1, 0.15) is 36.5 Å². The van der Waals surface area contributed by atoms with Gasteiger partial charge in [0.2, 0.25) is 10.0 Å². The summed E-state index contributed by atoms with van der Waals surface area (Å²) in [7, 11) is -3.68. The van der Waals surface area contributed by atoms with Crippen LogP contribution in [0.5, 0.6) is 0 Å². The lowest BCUT2D eigenvalue weighted by Gasteiger charge is -2.19. The van der Waals surface area contributed by atoms with Gasteiger partial charge in [-0.25, -0.2) is 13.1 Å². The minimum Gasteiger partial charge on any atom is -0.460 e. The van der Waals surface area contributed by atoms with E-state index >= 15 is 0 Å². The Morgan fingerprint density at radius 1 is 0.816 bits per heavy atom. The van der Waals surface area contributed by atoms with Crippen LogP contribution < -0.4 is 10.2 Å². The Kier molecular flexibility index (Phi) is 11.0. The molecule has 2 atom stereocenters. The topological polar surface area (TPSA) is 111 Å². The highest BCUT2D eigenvalue weighted by Crippen LogP contribution is 2.12. The van der Waals surface area contributed by atoms with E-state index in [2.05, 4.69) is 10.2 Å². The van der Waals surface area contributed by atoms with Crippen molar-refractivity contribution in [2.75, 3.05) is 6.54 Å². The van der Waals surface area contributed by atoms with Crippen LogP contribution >= 0.6 is 0 Å². The van der Waals surface area contributed by atoms with Gasteiger partial charge >= 0.3 is 11.9 Å². The number of aryl methyl sites for hydroxylation is 2. The first-order valence-electron chi connectivity index (χ1n) is 12.5. The number of hydrogen-bond acceptors (Lipinski definition) is 7. The highest BCUT2D eigenvalue weighted by molar-refractivity contribution is 7.89. The normalized spacial score (nSPS) is 12.9. The van der Waals surface area contributed by atoms with Crippen LogP contribution in [0.2, 0.25) is 0 Å². The zero-order valence-corrected chi connectivity index (χ0v) is 22.4. The second-order valence-electron chi connectivity index (χ2n) is 9.11. The van der Waals surface area contributed by atoms with Crippen molar-refractivity contribution < 1.29 is 27.6 Å². The molecule has 0 saturated heterocycles. The maximum Gasteiger partial charge on any atom is 0.327 e. The first kappa shape index (κ1) is 29.0. The maximum atomic E-state index is 12.8. The molecular weight excluding hydrogens is 504 g/mol. The number of rotatable bonds is 14. The molecule has 0 aromatic heterocycles. The lowest BCUT2D eigenvalue weighted by Crippen LogP contribution is -2.41. The highest BCUT2D eigenvalue weighted by atomic mass is 32.2. The summed E-state index contributed by atoms with van der Waals surface area (Å²) in [5.41, 5.74) is 5.43. The molecule has 0 radical (unpaired) electrons. The van der Waals surface area contributed by atoms with Gasteiger partial charge in [-0.3, -0.25) is 9.59 Å². The predicted octanol–water partition coefficient (Wildman–Crippen LogP) is 4.09. The van der Waals surface area contributed by atoms with Gasteiger partial charge in [-0.05, 0) is 49.4 Å². The minimum atomic E-state index is -3.68. The van der Waals surface area contributed by atoms with Gasteiger partial charge < -0.3 is 9.57 Å². The van der Waals surface area contributed by atoms with E-state index in [1.54, 1.807) is 19.1 Å². The second-order valence-corrected chi connectivity index (χ2v) is 10.9. The van der Waals surface area contributed by atoms with Crippen LogP contribution in [0.25, 0.3) is 0 Å². The highest BCUT2D eigenvalue weighted by Gasteiger charge is 2.24. The van der Waals surface area contributed by atoms with Gasteiger partial charge in [-0.15, -0.1) is 5.48 Å². The molecule has 0 spiro atoms. The second kappa shape index (κ2) is 14.4. The summed E-state index contributed by atoms with van der Waals surface area (Å²) in [6, 6.07) is 24.6. The van der Waals surface area contributed by atoms with Crippen molar-refractivity contribution >= 4 is 22.0 Å². The number of sulfonamides is 1. The van der Waals surface area contributed by atoms with Crippen molar-refractivity contribution in [1.82, 2.24) is 10.2 Å². The van der Waals surface area contributed by atoms with Gasteiger partial charge in [0.05, 0.1) is 10.8 Å². The van der Waals surface area contributed by atoms with Crippen LogP contribution in [-0.4, -0.2) is 32.9 Å². The van der Waals surface area contributed by atoms with E-state index in [1.807, 2.05) is 67.6 Å². The molecular formula is C29H34N2O6S. The zero-order chi connectivity index (χ0) is 27.4. The summed E-state index contributed by atoms with van der Waals surface area (Å²) in [5.74, 6) is -1.74. The van der Waals surface area contributed by atoms with E-state index in [0.29, 0.717) is 12.8 Å². The molecule has 9 heteroatoms. The van der Waals surface area contributed by atoms with E-state index in [4.69, 9.17) is 9.57 Å². The number of hydrogen-bond donors (Lipinski definition) is 2. The van der Waals surface area contributed by atoms with Gasteiger partial charge in [0, 0.05) is 6.54 Å². The van der Waals surface area contributed by atoms with Crippen molar-refractivity contribution in [1.29, 1.82) is 0 Å². The number of nitrogens with one attached hydrogen (secondary N) is 2. The summed E-state index contributed by atoms with van der Waals surface area (Å²) in [6.45, 7) is 3.68. The lowest BCUT2D eigenvalue weighted by molar-refractivity contribution is -0.164. The summed E-state index contributed by atoms with van der Waals surface area (Å²) < 4.78 is 32.9. The molecule has 0 heterocycles. The molecule has 3 aromatic rings. The summed E-state index contributed by atoms with van der Waals surface area (Å²) in [5, 5.41) is 0. The Labute approximate surface area is 224 Å². The molecule has 0 aliphatic rings. The van der Waals surface area contributed by atoms with E-state index in [0.717, 1.165) is 16.7 Å². The Hall–Kier alpha value is -3.53. The number of carbonyl (C=O) groups is 2. The quantitative estimate of drug-likeness (QED) is 0.235. The van der Waals surface area contributed by atoms with E-state index < -0.39 is 33.9 Å². The van der Waals surface area contributed by atoms with Crippen LogP contribution in [0.15, 0.2) is 89.8 Å². The fourth-order valence-corrected chi connectivity index (χ4v) is 4.62. The Balaban J connectivity index is 1.51. The molecule has 202 valence electrons. The average molecular weight is 539 g/mol. The lowest BCUT2D eigenvalue weighted by atomic mass is 10.1. The van der Waals surface area contributed by atoms with Gasteiger partial charge in [0.25, 0.3) is 0 Å². The standard InChI is InChI=1S/C29H34N2O6S/c1-22-13-16-26(17-14-22)38(34,35)30-20-19-23(2)28(32)37-31-27(18-15-24-9-5-3-6-10-24)29(33)36-21-25-11-7-4-8-12-25/h3-14,16-17,23,27,30-31H,15,18-21H2,1-2H3/t23?,27-/m0/s1. The zero-order valence-electron chi connectivity index (χ0n) is 21.6. The van der Waals surface area contributed by atoms with Crippen LogP contribution in [0.3, 0.4) is 0 Å². The Bertz CT molecular complexity index is 1270. The molecule has 0 bridgehead atoms. The molecule has 0 saturated carbocycles. The minimum absolute atomic E-state index is 0.0586. The van der Waals surface area contributed by atoms with Gasteiger partial charge in [0.1, 0.15) is 12.6 Å². The van der Waals surface area contributed by atoms with Gasteiger partial charge in [-0.1, -0.05) is 85.3 Å². The molecule has 3 rings (SSSR count). The summed E-state index contributed by atoms with van der Waals surface area (Å²) >= 11 is 0. The SMILES string of the molecule is Cc1ccc(S(=O)(=O)NCCC(C)C(=O)ON[C@@H](CCc2ccccc2)C(=O)OCc2ccccc2)cc1. The van der Waals surface area contributed by atoms with E-state index in [-0.39, 0.29) is 24.5 Å². The van der Waals surface area contributed by atoms with Gasteiger partial charge in [0.15, 0.2) is 0 Å². The van der Waals surface area contributed by atoms with E-state index in [9.17, 15) is 18.0 Å². The van der Waals surface area contributed by atoms with Crippen LogP contribution in [0, 0.1) is 12.8 Å². The third kappa shape index (κ3) is 9.41. The maximum absolute atomic E-state index is 12.8. The Morgan fingerprint density at radius 2 is 1.42 bits per heavy atom. The fraction of sp³-hybridized carbons (Fsp3) is 0.310.